The predicted molar refractivity (Wildman–Crippen MR) is 93.4 cm³/mol. The fourth-order valence-electron chi connectivity index (χ4n) is 2.67. The number of carbonyl (C=O) groups is 1. The number of halogens is 3. The Balaban J connectivity index is 2.14. The molecule has 0 fully saturated rings. The van der Waals surface area contributed by atoms with Gasteiger partial charge >= 0.3 is 6.18 Å². The molecular weight excluding hydrogens is 345 g/mol. The number of nitrogens with zero attached hydrogens (tertiary/aromatic N) is 3. The van der Waals surface area contributed by atoms with Crippen LogP contribution in [0.5, 0.6) is 0 Å². The summed E-state index contributed by atoms with van der Waals surface area (Å²) in [6, 6.07) is 4.87. The molecule has 0 bridgehead atoms. The van der Waals surface area contributed by atoms with E-state index >= 15 is 0 Å². The van der Waals surface area contributed by atoms with E-state index in [1.54, 1.807) is 6.92 Å². The Hall–Kier alpha value is -2.35. The molecule has 0 aliphatic carbocycles. The van der Waals surface area contributed by atoms with Crippen LogP contribution in [0, 0.1) is 6.92 Å². The van der Waals surface area contributed by atoms with Crippen LogP contribution in [-0.4, -0.2) is 46.8 Å². The zero-order valence-corrected chi connectivity index (χ0v) is 15.1. The molecule has 1 N–H and O–H groups in total. The first-order chi connectivity index (χ1) is 12.3. The summed E-state index contributed by atoms with van der Waals surface area (Å²) in [7, 11) is 0. The largest absolute Gasteiger partial charge is 0.416 e. The number of alkyl halides is 3. The molecule has 0 aliphatic heterocycles. The highest BCUT2D eigenvalue weighted by Gasteiger charge is 2.30. The van der Waals surface area contributed by atoms with Crippen LogP contribution in [0.1, 0.15) is 35.5 Å². The van der Waals surface area contributed by atoms with Crippen LogP contribution in [0.3, 0.4) is 0 Å². The quantitative estimate of drug-likeness (QED) is 0.816. The Labute approximate surface area is 150 Å². The van der Waals surface area contributed by atoms with Crippen molar-refractivity contribution < 1.29 is 18.0 Å². The standard InChI is InChI=1S/C18H23F3N4O/c1-4-24(5-2)10-9-22-17(26)16-12-23-25(13(16)3)15-8-6-7-14(11-15)18(19,20)21/h6-8,11-12H,4-5,9-10H2,1-3H3,(H,22,26). The number of hydrogen-bond acceptors (Lipinski definition) is 3. The predicted octanol–water partition coefficient (Wildman–Crippen LogP) is 3.27. The van der Waals surface area contributed by atoms with Crippen LogP contribution in [0.15, 0.2) is 30.5 Å². The molecule has 26 heavy (non-hydrogen) atoms. The maximum atomic E-state index is 12.9. The van der Waals surface area contributed by atoms with E-state index in [0.29, 0.717) is 17.8 Å². The molecule has 0 radical (unpaired) electrons. The van der Waals surface area contributed by atoms with Gasteiger partial charge in [-0.15, -0.1) is 0 Å². The van der Waals surface area contributed by atoms with E-state index < -0.39 is 11.7 Å². The zero-order chi connectivity index (χ0) is 19.3. The van der Waals surface area contributed by atoms with Crippen molar-refractivity contribution in [2.24, 2.45) is 0 Å². The van der Waals surface area contributed by atoms with Crippen LogP contribution in [0.4, 0.5) is 13.2 Å². The van der Waals surface area contributed by atoms with E-state index in [0.717, 1.165) is 31.8 Å². The Morgan fingerprint density at radius 3 is 2.58 bits per heavy atom. The van der Waals surface area contributed by atoms with Crippen molar-refractivity contribution in [2.75, 3.05) is 26.2 Å². The van der Waals surface area contributed by atoms with Crippen molar-refractivity contribution in [3.8, 4) is 5.69 Å². The van der Waals surface area contributed by atoms with Crippen LogP contribution in [0.2, 0.25) is 0 Å². The van der Waals surface area contributed by atoms with Crippen LogP contribution >= 0.6 is 0 Å². The molecule has 1 heterocycles. The Morgan fingerprint density at radius 2 is 1.96 bits per heavy atom. The average Bonchev–Trinajstić information content (AvgIpc) is 2.99. The Morgan fingerprint density at radius 1 is 1.27 bits per heavy atom. The van der Waals surface area contributed by atoms with Crippen LogP contribution in [0.25, 0.3) is 5.69 Å². The molecule has 0 saturated heterocycles. The molecule has 1 amide bonds. The molecule has 5 nitrogen and oxygen atoms in total. The lowest BCUT2D eigenvalue weighted by atomic mass is 10.2. The van der Waals surface area contributed by atoms with Gasteiger partial charge in [-0.2, -0.15) is 18.3 Å². The smallest absolute Gasteiger partial charge is 0.351 e. The summed E-state index contributed by atoms with van der Waals surface area (Å²) in [6.07, 6.45) is -3.05. The zero-order valence-electron chi connectivity index (χ0n) is 15.1. The first-order valence-electron chi connectivity index (χ1n) is 8.50. The number of carbonyl (C=O) groups excluding carboxylic acids is 1. The molecule has 1 aromatic carbocycles. The van der Waals surface area contributed by atoms with Crippen molar-refractivity contribution >= 4 is 5.91 Å². The monoisotopic (exact) mass is 368 g/mol. The number of amides is 1. The lowest BCUT2D eigenvalue weighted by Gasteiger charge is -2.17. The molecular formula is C18H23F3N4O. The van der Waals surface area contributed by atoms with Gasteiger partial charge in [0.15, 0.2) is 0 Å². The van der Waals surface area contributed by atoms with Gasteiger partial charge in [-0.25, -0.2) is 4.68 Å². The van der Waals surface area contributed by atoms with E-state index in [9.17, 15) is 18.0 Å². The Bertz CT molecular complexity index is 751. The van der Waals surface area contributed by atoms with Gasteiger partial charge in [-0.3, -0.25) is 4.79 Å². The normalized spacial score (nSPS) is 11.8. The van der Waals surface area contributed by atoms with E-state index in [4.69, 9.17) is 0 Å². The summed E-state index contributed by atoms with van der Waals surface area (Å²) >= 11 is 0. The number of hydrogen-bond donors (Lipinski definition) is 1. The maximum Gasteiger partial charge on any atom is 0.416 e. The minimum absolute atomic E-state index is 0.263. The summed E-state index contributed by atoms with van der Waals surface area (Å²) < 4.78 is 40.0. The SMILES string of the molecule is CCN(CC)CCNC(=O)c1cnn(-c2cccc(C(F)(F)F)c2)c1C. The Kier molecular flexibility index (Phi) is 6.42. The molecule has 0 unspecified atom stereocenters. The molecule has 2 aromatic rings. The first kappa shape index (κ1) is 20.0. The third kappa shape index (κ3) is 4.63. The molecule has 0 spiro atoms. The molecule has 2 rings (SSSR count). The lowest BCUT2D eigenvalue weighted by molar-refractivity contribution is -0.137. The van der Waals surface area contributed by atoms with Gasteiger partial charge in [0, 0.05) is 13.1 Å². The summed E-state index contributed by atoms with van der Waals surface area (Å²) in [5.41, 5.74) is 0.348. The maximum absolute atomic E-state index is 12.9. The summed E-state index contributed by atoms with van der Waals surface area (Å²) in [5, 5.41) is 6.91. The number of rotatable bonds is 7. The highest BCUT2D eigenvalue weighted by molar-refractivity contribution is 5.95. The second-order valence-electron chi connectivity index (χ2n) is 5.89. The number of aromatic nitrogens is 2. The number of likely N-dealkylation sites (N-methyl/N-ethyl adjacent to an activating group) is 1. The molecule has 142 valence electrons. The van der Waals surface area contributed by atoms with Crippen molar-refractivity contribution in [2.45, 2.75) is 26.9 Å². The van der Waals surface area contributed by atoms with Gasteiger partial charge < -0.3 is 10.2 Å². The highest BCUT2D eigenvalue weighted by atomic mass is 19.4. The van der Waals surface area contributed by atoms with Gasteiger partial charge in [0.1, 0.15) is 0 Å². The number of benzene rings is 1. The average molecular weight is 368 g/mol. The van der Waals surface area contributed by atoms with E-state index in [2.05, 4.69) is 29.2 Å². The van der Waals surface area contributed by atoms with Gasteiger partial charge in [0.05, 0.1) is 28.7 Å². The van der Waals surface area contributed by atoms with E-state index in [1.807, 2.05) is 0 Å². The first-order valence-corrected chi connectivity index (χ1v) is 8.50. The molecule has 8 heteroatoms. The second-order valence-corrected chi connectivity index (χ2v) is 5.89. The van der Waals surface area contributed by atoms with Gasteiger partial charge in [0.2, 0.25) is 0 Å². The van der Waals surface area contributed by atoms with Gasteiger partial charge in [0.25, 0.3) is 5.91 Å². The molecule has 0 aliphatic rings. The summed E-state index contributed by atoms with van der Waals surface area (Å²) in [6.45, 7) is 8.79. The minimum atomic E-state index is -4.43. The summed E-state index contributed by atoms with van der Waals surface area (Å²) in [5.74, 6) is -0.284. The second kappa shape index (κ2) is 8.35. The molecule has 1 aromatic heterocycles. The number of nitrogens with one attached hydrogen (secondary N) is 1. The van der Waals surface area contributed by atoms with Crippen LogP contribution in [-0.2, 0) is 6.18 Å². The van der Waals surface area contributed by atoms with Crippen molar-refractivity contribution in [1.29, 1.82) is 0 Å². The topological polar surface area (TPSA) is 50.2 Å². The van der Waals surface area contributed by atoms with Crippen molar-refractivity contribution in [3.05, 3.63) is 47.3 Å². The third-order valence-electron chi connectivity index (χ3n) is 4.28. The fourth-order valence-corrected chi connectivity index (χ4v) is 2.67. The molecule has 0 saturated carbocycles. The van der Waals surface area contributed by atoms with Crippen molar-refractivity contribution in [1.82, 2.24) is 20.0 Å². The van der Waals surface area contributed by atoms with Gasteiger partial charge in [-0.1, -0.05) is 19.9 Å². The van der Waals surface area contributed by atoms with E-state index in [1.165, 1.54) is 23.0 Å². The van der Waals surface area contributed by atoms with E-state index in [-0.39, 0.29) is 11.6 Å². The van der Waals surface area contributed by atoms with Crippen LogP contribution < -0.4 is 5.32 Å². The van der Waals surface area contributed by atoms with Gasteiger partial charge in [-0.05, 0) is 38.2 Å². The lowest BCUT2D eigenvalue weighted by Crippen LogP contribution is -2.34. The minimum Gasteiger partial charge on any atom is -0.351 e. The highest BCUT2D eigenvalue weighted by Crippen LogP contribution is 2.30. The fraction of sp³-hybridized carbons (Fsp3) is 0.444. The molecule has 0 atom stereocenters. The van der Waals surface area contributed by atoms with Crippen molar-refractivity contribution in [3.63, 3.8) is 0 Å². The summed E-state index contributed by atoms with van der Waals surface area (Å²) in [4.78, 5) is 14.5. The third-order valence-corrected chi connectivity index (χ3v) is 4.28.